The van der Waals surface area contributed by atoms with E-state index in [9.17, 15) is 10.1 Å². The van der Waals surface area contributed by atoms with Gasteiger partial charge >= 0.3 is 5.69 Å². The number of aliphatic hydroxyl groups excluding tert-OH is 1. The summed E-state index contributed by atoms with van der Waals surface area (Å²) in [5, 5.41) is 31.5. The zero-order chi connectivity index (χ0) is 13.5. The van der Waals surface area contributed by atoms with Crippen LogP contribution in [0.15, 0.2) is 12.3 Å². The van der Waals surface area contributed by atoms with Crippen molar-refractivity contribution in [1.82, 2.24) is 4.98 Å². The summed E-state index contributed by atoms with van der Waals surface area (Å²) >= 11 is 0. The highest BCUT2D eigenvalue weighted by atomic mass is 16.6. The predicted octanol–water partition coefficient (Wildman–Crippen LogP) is 0.281. The third kappa shape index (κ3) is 3.13. The minimum Gasteiger partial charge on any atom is -0.394 e. The molecule has 8 nitrogen and oxygen atoms in total. The van der Waals surface area contributed by atoms with Crippen LogP contribution in [0, 0.1) is 21.4 Å². The molecule has 0 fully saturated rings. The summed E-state index contributed by atoms with van der Waals surface area (Å²) in [4.78, 5) is 14.0. The van der Waals surface area contributed by atoms with Crippen LogP contribution < -0.4 is 5.32 Å². The first-order valence-corrected chi connectivity index (χ1v) is 5.03. The summed E-state index contributed by atoms with van der Waals surface area (Å²) in [6.45, 7) is -0.116. The molecule has 18 heavy (non-hydrogen) atoms. The first-order valence-electron chi connectivity index (χ1n) is 5.03. The normalized spacial score (nSPS) is 11.6. The lowest BCUT2D eigenvalue weighted by Gasteiger charge is -2.15. The number of nitro groups is 1. The lowest BCUT2D eigenvalue weighted by atomic mass is 10.2. The number of nitrogens with one attached hydrogen (secondary N) is 1. The minimum absolute atomic E-state index is 0.0600. The Kier molecular flexibility index (Phi) is 4.98. The molecular formula is C10H12N4O4. The van der Waals surface area contributed by atoms with Crippen molar-refractivity contribution < 1.29 is 14.8 Å². The third-order valence-corrected chi connectivity index (χ3v) is 2.16. The first-order chi connectivity index (χ1) is 8.63. The maximum absolute atomic E-state index is 10.9. The van der Waals surface area contributed by atoms with Crippen LogP contribution in [0.3, 0.4) is 0 Å². The molecule has 0 spiro atoms. The van der Waals surface area contributed by atoms with E-state index < -0.39 is 16.7 Å². The highest BCUT2D eigenvalue weighted by molar-refractivity contribution is 5.64. The second-order valence-corrected chi connectivity index (χ2v) is 3.40. The third-order valence-electron chi connectivity index (χ3n) is 2.16. The van der Waals surface area contributed by atoms with E-state index in [1.165, 1.54) is 19.4 Å². The average molecular weight is 252 g/mol. The Hall–Kier alpha value is -2.24. The Morgan fingerprint density at radius 2 is 2.50 bits per heavy atom. The van der Waals surface area contributed by atoms with Gasteiger partial charge in [-0.25, -0.2) is 4.98 Å². The van der Waals surface area contributed by atoms with Crippen LogP contribution in [0.5, 0.6) is 0 Å². The van der Waals surface area contributed by atoms with Crippen LogP contribution in [-0.4, -0.2) is 41.4 Å². The lowest BCUT2D eigenvalue weighted by Crippen LogP contribution is -2.29. The molecule has 1 rings (SSSR count). The van der Waals surface area contributed by atoms with Gasteiger partial charge in [0.2, 0.25) is 5.82 Å². The summed E-state index contributed by atoms with van der Waals surface area (Å²) in [5.74, 6) is -0.0600. The summed E-state index contributed by atoms with van der Waals surface area (Å²) < 4.78 is 4.84. The van der Waals surface area contributed by atoms with E-state index in [4.69, 9.17) is 15.1 Å². The molecule has 0 radical (unpaired) electrons. The van der Waals surface area contributed by atoms with Crippen LogP contribution in [0.1, 0.15) is 5.56 Å². The summed E-state index contributed by atoms with van der Waals surface area (Å²) in [7, 11) is 1.44. The quantitative estimate of drug-likeness (QED) is 0.550. The van der Waals surface area contributed by atoms with Gasteiger partial charge < -0.3 is 15.2 Å². The second-order valence-electron chi connectivity index (χ2n) is 3.40. The van der Waals surface area contributed by atoms with Crippen molar-refractivity contribution in [2.75, 3.05) is 25.6 Å². The van der Waals surface area contributed by atoms with Gasteiger partial charge in [-0.3, -0.25) is 10.1 Å². The van der Waals surface area contributed by atoms with Gasteiger partial charge in [-0.15, -0.1) is 0 Å². The fourth-order valence-electron chi connectivity index (χ4n) is 1.37. The smallest absolute Gasteiger partial charge is 0.328 e. The van der Waals surface area contributed by atoms with E-state index in [0.29, 0.717) is 0 Å². The monoisotopic (exact) mass is 252 g/mol. The number of nitriles is 1. The van der Waals surface area contributed by atoms with Crippen molar-refractivity contribution in [3.63, 3.8) is 0 Å². The Morgan fingerprint density at radius 1 is 1.78 bits per heavy atom. The molecule has 1 unspecified atom stereocenters. The van der Waals surface area contributed by atoms with Gasteiger partial charge in [-0.2, -0.15) is 5.26 Å². The summed E-state index contributed by atoms with van der Waals surface area (Å²) in [6, 6.07) is 2.45. The molecule has 0 aliphatic carbocycles. The molecule has 1 heterocycles. The van der Waals surface area contributed by atoms with E-state index in [-0.39, 0.29) is 24.6 Å². The summed E-state index contributed by atoms with van der Waals surface area (Å²) in [6.07, 6.45) is 1.29. The molecule has 0 aliphatic heterocycles. The molecule has 0 amide bonds. The van der Waals surface area contributed by atoms with E-state index in [1.54, 1.807) is 6.07 Å². The number of hydrogen-bond acceptors (Lipinski definition) is 7. The van der Waals surface area contributed by atoms with Crippen molar-refractivity contribution in [3.8, 4) is 6.07 Å². The Balaban J connectivity index is 3.08. The fraction of sp³-hybridized carbons (Fsp3) is 0.400. The van der Waals surface area contributed by atoms with Gasteiger partial charge in [-0.1, -0.05) is 0 Å². The summed E-state index contributed by atoms with van der Waals surface area (Å²) in [5.41, 5.74) is -0.499. The van der Waals surface area contributed by atoms with Crippen molar-refractivity contribution >= 4 is 11.5 Å². The molecule has 0 aliphatic rings. The van der Waals surface area contributed by atoms with E-state index in [2.05, 4.69) is 10.3 Å². The zero-order valence-corrected chi connectivity index (χ0v) is 9.66. The molecule has 0 bridgehead atoms. The average Bonchev–Trinajstić information content (AvgIpc) is 2.37. The SMILES string of the molecule is COCC(CO)Nc1nccc(C#N)c1[N+](=O)[O-]. The molecule has 8 heteroatoms. The number of pyridine rings is 1. The number of nitrogens with zero attached hydrogens (tertiary/aromatic N) is 3. The number of rotatable bonds is 6. The van der Waals surface area contributed by atoms with Gasteiger partial charge in [-0.05, 0) is 6.07 Å². The van der Waals surface area contributed by atoms with Gasteiger partial charge in [0.1, 0.15) is 11.6 Å². The van der Waals surface area contributed by atoms with Gasteiger partial charge in [0.05, 0.1) is 24.2 Å². The zero-order valence-electron chi connectivity index (χ0n) is 9.66. The topological polar surface area (TPSA) is 121 Å². The van der Waals surface area contributed by atoms with Crippen molar-refractivity contribution in [1.29, 1.82) is 5.26 Å². The maximum atomic E-state index is 10.9. The Morgan fingerprint density at radius 3 is 3.00 bits per heavy atom. The first kappa shape index (κ1) is 13.8. The molecule has 1 aromatic heterocycles. The van der Waals surface area contributed by atoms with E-state index in [0.717, 1.165) is 0 Å². The van der Waals surface area contributed by atoms with Crippen LogP contribution >= 0.6 is 0 Å². The molecule has 0 aromatic carbocycles. The number of anilines is 1. The number of aliphatic hydroxyl groups is 1. The van der Waals surface area contributed by atoms with Crippen molar-refractivity contribution in [3.05, 3.63) is 27.9 Å². The van der Waals surface area contributed by atoms with Crippen molar-refractivity contribution in [2.24, 2.45) is 0 Å². The number of hydrogen-bond donors (Lipinski definition) is 2. The van der Waals surface area contributed by atoms with E-state index >= 15 is 0 Å². The lowest BCUT2D eigenvalue weighted by molar-refractivity contribution is -0.384. The van der Waals surface area contributed by atoms with Crippen LogP contribution in [0.2, 0.25) is 0 Å². The molecule has 1 atom stereocenters. The van der Waals surface area contributed by atoms with Gasteiger partial charge in [0.25, 0.3) is 0 Å². The van der Waals surface area contributed by atoms with Crippen LogP contribution in [0.4, 0.5) is 11.5 Å². The minimum atomic E-state index is -0.685. The highest BCUT2D eigenvalue weighted by Crippen LogP contribution is 2.26. The van der Waals surface area contributed by atoms with Crippen LogP contribution in [0.25, 0.3) is 0 Å². The van der Waals surface area contributed by atoms with E-state index in [1.807, 2.05) is 0 Å². The molecule has 1 aromatic rings. The van der Waals surface area contributed by atoms with Crippen molar-refractivity contribution in [2.45, 2.75) is 6.04 Å². The molecule has 96 valence electrons. The largest absolute Gasteiger partial charge is 0.394 e. The molecular weight excluding hydrogens is 240 g/mol. The highest BCUT2D eigenvalue weighted by Gasteiger charge is 2.23. The predicted molar refractivity (Wildman–Crippen MR) is 62.0 cm³/mol. The number of methoxy groups -OCH3 is 1. The van der Waals surface area contributed by atoms with Gasteiger partial charge in [0, 0.05) is 13.3 Å². The van der Waals surface area contributed by atoms with Crippen LogP contribution in [-0.2, 0) is 4.74 Å². The number of aromatic nitrogens is 1. The Bertz CT molecular complexity index is 471. The standard InChI is InChI=1S/C10H12N4O4/c1-18-6-8(5-15)13-10-9(14(16)17)7(4-11)2-3-12-10/h2-3,8,15H,5-6H2,1H3,(H,12,13). The van der Waals surface area contributed by atoms with Gasteiger partial charge in [0.15, 0.2) is 0 Å². The number of ether oxygens (including phenoxy) is 1. The second kappa shape index (κ2) is 6.48. The maximum Gasteiger partial charge on any atom is 0.328 e. The Labute approximate surface area is 103 Å². The molecule has 0 saturated carbocycles. The molecule has 0 saturated heterocycles. The molecule has 2 N–H and O–H groups in total. The fourth-order valence-corrected chi connectivity index (χ4v) is 1.37.